The molecule has 0 atom stereocenters. The maximum Gasteiger partial charge on any atom is 0.319 e. The molecule has 3 N–H and O–H groups in total. The molecule has 0 aliphatic heterocycles. The number of carbonyl (C=O) groups is 2. The molecule has 2 aromatic carbocycles. The molecule has 0 aliphatic carbocycles. The standard InChI is InChI=1S/C21H21ClN4O2S/c1-13-6-5-8-16(10-13)25-20(28)23-12-19(27)26-21-24-14(2)18(29-21)11-15-7-3-4-9-17(15)22/h3-10H,11-12H2,1-2H3,(H2,23,25,28)(H,24,26,27). The first kappa shape index (κ1) is 20.8. The molecule has 1 aromatic heterocycles. The number of carbonyl (C=O) groups excluding carboxylic acids is 2. The zero-order valence-corrected chi connectivity index (χ0v) is 17.7. The van der Waals surface area contributed by atoms with Gasteiger partial charge >= 0.3 is 6.03 Å². The van der Waals surface area contributed by atoms with E-state index in [4.69, 9.17) is 11.6 Å². The van der Waals surface area contributed by atoms with Crippen LogP contribution in [0.1, 0.15) is 21.7 Å². The van der Waals surface area contributed by atoms with Crippen LogP contribution < -0.4 is 16.0 Å². The van der Waals surface area contributed by atoms with Crippen LogP contribution in [0.15, 0.2) is 48.5 Å². The molecule has 29 heavy (non-hydrogen) atoms. The maximum absolute atomic E-state index is 12.1. The van der Waals surface area contributed by atoms with Crippen LogP contribution in [-0.4, -0.2) is 23.5 Å². The molecule has 3 rings (SSSR count). The fraction of sp³-hybridized carbons (Fsp3) is 0.190. The van der Waals surface area contributed by atoms with Crippen LogP contribution in [0.2, 0.25) is 5.02 Å². The largest absolute Gasteiger partial charge is 0.329 e. The quantitative estimate of drug-likeness (QED) is 0.529. The molecule has 3 aromatic rings. The molecular weight excluding hydrogens is 408 g/mol. The van der Waals surface area contributed by atoms with Gasteiger partial charge in [0.25, 0.3) is 0 Å². The van der Waals surface area contributed by atoms with Crippen molar-refractivity contribution in [2.24, 2.45) is 0 Å². The molecule has 0 radical (unpaired) electrons. The first-order valence-electron chi connectivity index (χ1n) is 9.02. The van der Waals surface area contributed by atoms with E-state index in [1.807, 2.05) is 56.3 Å². The van der Waals surface area contributed by atoms with Crippen LogP contribution in [-0.2, 0) is 11.2 Å². The smallest absolute Gasteiger partial charge is 0.319 e. The van der Waals surface area contributed by atoms with Crippen molar-refractivity contribution in [2.45, 2.75) is 20.3 Å². The molecule has 0 unspecified atom stereocenters. The summed E-state index contributed by atoms with van der Waals surface area (Å²) in [6, 6.07) is 14.6. The van der Waals surface area contributed by atoms with E-state index < -0.39 is 6.03 Å². The molecule has 150 valence electrons. The summed E-state index contributed by atoms with van der Waals surface area (Å²) in [6.45, 7) is 3.68. The highest BCUT2D eigenvalue weighted by Crippen LogP contribution is 2.27. The van der Waals surface area contributed by atoms with E-state index in [-0.39, 0.29) is 12.5 Å². The minimum atomic E-state index is -0.444. The second-order valence-electron chi connectivity index (χ2n) is 6.52. The number of urea groups is 1. The molecule has 3 amide bonds. The minimum Gasteiger partial charge on any atom is -0.329 e. The van der Waals surface area contributed by atoms with Gasteiger partial charge in [-0.05, 0) is 43.2 Å². The molecule has 8 heteroatoms. The Hall–Kier alpha value is -2.90. The van der Waals surface area contributed by atoms with E-state index in [0.29, 0.717) is 22.3 Å². The van der Waals surface area contributed by atoms with Gasteiger partial charge in [0.1, 0.15) is 0 Å². The molecule has 0 saturated carbocycles. The summed E-state index contributed by atoms with van der Waals surface area (Å²) in [4.78, 5) is 29.5. The van der Waals surface area contributed by atoms with Gasteiger partial charge in [0, 0.05) is 22.0 Å². The van der Waals surface area contributed by atoms with Crippen molar-refractivity contribution in [1.29, 1.82) is 0 Å². The van der Waals surface area contributed by atoms with Crippen LogP contribution in [0.3, 0.4) is 0 Å². The van der Waals surface area contributed by atoms with Crippen molar-refractivity contribution >= 4 is 45.7 Å². The van der Waals surface area contributed by atoms with Gasteiger partial charge in [0.15, 0.2) is 5.13 Å². The van der Waals surface area contributed by atoms with E-state index in [1.54, 1.807) is 6.07 Å². The van der Waals surface area contributed by atoms with Crippen molar-refractivity contribution in [3.05, 3.63) is 75.3 Å². The van der Waals surface area contributed by atoms with Crippen LogP contribution in [0, 0.1) is 13.8 Å². The lowest BCUT2D eigenvalue weighted by Gasteiger charge is -2.08. The third-order valence-corrected chi connectivity index (χ3v) is 5.57. The van der Waals surface area contributed by atoms with Crippen molar-refractivity contribution in [3.63, 3.8) is 0 Å². The summed E-state index contributed by atoms with van der Waals surface area (Å²) in [6.07, 6.45) is 0.649. The Balaban J connectivity index is 1.52. The van der Waals surface area contributed by atoms with Crippen LogP contribution in [0.5, 0.6) is 0 Å². The van der Waals surface area contributed by atoms with Gasteiger partial charge in [0.05, 0.1) is 12.2 Å². The van der Waals surface area contributed by atoms with Crippen molar-refractivity contribution < 1.29 is 9.59 Å². The normalized spacial score (nSPS) is 10.4. The lowest BCUT2D eigenvalue weighted by atomic mass is 10.1. The summed E-state index contributed by atoms with van der Waals surface area (Å²) >= 11 is 7.62. The number of nitrogens with one attached hydrogen (secondary N) is 3. The number of nitrogens with zero attached hydrogens (tertiary/aromatic N) is 1. The highest BCUT2D eigenvalue weighted by atomic mass is 35.5. The molecule has 0 bridgehead atoms. The monoisotopic (exact) mass is 428 g/mol. The SMILES string of the molecule is Cc1cccc(NC(=O)NCC(=O)Nc2nc(C)c(Cc3ccccc3Cl)s2)c1. The predicted molar refractivity (Wildman–Crippen MR) is 118 cm³/mol. The second kappa shape index (κ2) is 9.54. The molecule has 1 heterocycles. The lowest BCUT2D eigenvalue weighted by Crippen LogP contribution is -2.35. The van der Waals surface area contributed by atoms with Gasteiger partial charge in [0.2, 0.25) is 5.91 Å². The molecular formula is C21H21ClN4O2S. The summed E-state index contributed by atoms with van der Waals surface area (Å²) in [5, 5.41) is 9.15. The van der Waals surface area contributed by atoms with E-state index in [1.165, 1.54) is 11.3 Å². The van der Waals surface area contributed by atoms with Crippen LogP contribution in [0.25, 0.3) is 0 Å². The summed E-state index contributed by atoms with van der Waals surface area (Å²) < 4.78 is 0. The number of aromatic nitrogens is 1. The van der Waals surface area contributed by atoms with Gasteiger partial charge in [-0.3, -0.25) is 4.79 Å². The third-order valence-electron chi connectivity index (χ3n) is 4.13. The number of anilines is 2. The fourth-order valence-corrected chi connectivity index (χ4v) is 3.89. The van der Waals surface area contributed by atoms with E-state index in [9.17, 15) is 9.59 Å². The third kappa shape index (κ3) is 6.04. The Kier molecular flexibility index (Phi) is 6.85. The Morgan fingerprint density at radius 1 is 1.07 bits per heavy atom. The van der Waals surface area contributed by atoms with Gasteiger partial charge in [-0.1, -0.05) is 41.9 Å². The first-order valence-corrected chi connectivity index (χ1v) is 10.2. The van der Waals surface area contributed by atoms with Crippen molar-refractivity contribution in [2.75, 3.05) is 17.2 Å². The minimum absolute atomic E-state index is 0.157. The summed E-state index contributed by atoms with van der Waals surface area (Å²) in [5.74, 6) is -0.345. The average Bonchev–Trinajstić information content (AvgIpc) is 3.01. The highest BCUT2D eigenvalue weighted by Gasteiger charge is 2.13. The van der Waals surface area contributed by atoms with E-state index in [2.05, 4.69) is 20.9 Å². The Bertz CT molecular complexity index is 1040. The Labute approximate surface area is 178 Å². The topological polar surface area (TPSA) is 83.1 Å². The number of halogens is 1. The number of hydrogen-bond donors (Lipinski definition) is 3. The molecule has 0 fully saturated rings. The lowest BCUT2D eigenvalue weighted by molar-refractivity contribution is -0.115. The highest BCUT2D eigenvalue weighted by molar-refractivity contribution is 7.15. The van der Waals surface area contributed by atoms with Crippen LogP contribution in [0.4, 0.5) is 15.6 Å². The first-order chi connectivity index (χ1) is 13.9. The zero-order chi connectivity index (χ0) is 20.8. The predicted octanol–water partition coefficient (Wildman–Crippen LogP) is 4.76. The second-order valence-corrected chi connectivity index (χ2v) is 8.01. The van der Waals surface area contributed by atoms with E-state index in [0.717, 1.165) is 21.7 Å². The fourth-order valence-electron chi connectivity index (χ4n) is 2.68. The number of thiazole rings is 1. The average molecular weight is 429 g/mol. The summed E-state index contributed by atoms with van der Waals surface area (Å²) in [7, 11) is 0. The number of amides is 3. The van der Waals surface area contributed by atoms with Crippen LogP contribution >= 0.6 is 22.9 Å². The van der Waals surface area contributed by atoms with Crippen molar-refractivity contribution in [1.82, 2.24) is 10.3 Å². The van der Waals surface area contributed by atoms with Gasteiger partial charge < -0.3 is 16.0 Å². The Morgan fingerprint density at radius 3 is 2.62 bits per heavy atom. The Morgan fingerprint density at radius 2 is 1.86 bits per heavy atom. The number of hydrogen-bond acceptors (Lipinski definition) is 4. The number of benzene rings is 2. The number of aryl methyl sites for hydroxylation is 2. The van der Waals surface area contributed by atoms with E-state index >= 15 is 0 Å². The zero-order valence-electron chi connectivity index (χ0n) is 16.1. The molecule has 0 saturated heterocycles. The molecule has 0 spiro atoms. The summed E-state index contributed by atoms with van der Waals surface area (Å²) in [5.41, 5.74) is 3.55. The van der Waals surface area contributed by atoms with Gasteiger partial charge in [-0.25, -0.2) is 9.78 Å². The maximum atomic E-state index is 12.1. The van der Waals surface area contributed by atoms with Gasteiger partial charge in [-0.2, -0.15) is 0 Å². The van der Waals surface area contributed by atoms with Crippen molar-refractivity contribution in [3.8, 4) is 0 Å². The molecule has 0 aliphatic rings. The molecule has 6 nitrogen and oxygen atoms in total. The van der Waals surface area contributed by atoms with Gasteiger partial charge in [-0.15, -0.1) is 11.3 Å². The number of rotatable bonds is 6.